The smallest absolute Gasteiger partial charge is 0.280 e. The van der Waals surface area contributed by atoms with Gasteiger partial charge in [-0.1, -0.05) is 18.2 Å². The molecule has 5 heteroatoms. The minimum absolute atomic E-state index is 0.0266. The van der Waals surface area contributed by atoms with E-state index in [-0.39, 0.29) is 16.8 Å². The summed E-state index contributed by atoms with van der Waals surface area (Å²) in [5.74, 6) is -0.451. The molecule has 2 aromatic carbocycles. The number of nitro groups is 1. The van der Waals surface area contributed by atoms with E-state index in [1.54, 1.807) is 19.1 Å². The highest BCUT2D eigenvalue weighted by atomic mass is 19.1. The van der Waals surface area contributed by atoms with Crippen molar-refractivity contribution in [3.8, 4) is 11.1 Å². The fourth-order valence-electron chi connectivity index (χ4n) is 1.82. The highest BCUT2D eigenvalue weighted by Gasteiger charge is 2.16. The number of halogens is 1. The molecule has 0 saturated heterocycles. The molecule has 0 saturated carbocycles. The van der Waals surface area contributed by atoms with E-state index in [1.807, 2.05) is 0 Å². The van der Waals surface area contributed by atoms with E-state index < -0.39 is 10.7 Å². The van der Waals surface area contributed by atoms with Gasteiger partial charge < -0.3 is 0 Å². The molecule has 2 aromatic rings. The highest BCUT2D eigenvalue weighted by Crippen LogP contribution is 2.28. The second kappa shape index (κ2) is 4.97. The van der Waals surface area contributed by atoms with Crippen LogP contribution in [0.1, 0.15) is 15.9 Å². The standard InChI is InChI=1S/C14H10FNO3/c1-9-2-5-12(13(15)6-9)10-3-4-11(8-17)14(7-10)16(18)19/h2-8H,1H3. The van der Waals surface area contributed by atoms with Crippen LogP contribution in [-0.2, 0) is 0 Å². The number of benzene rings is 2. The SMILES string of the molecule is Cc1ccc(-c2ccc(C=O)c([N+](=O)[O-])c2)c(F)c1. The summed E-state index contributed by atoms with van der Waals surface area (Å²) in [6, 6.07) is 8.65. The van der Waals surface area contributed by atoms with E-state index in [9.17, 15) is 19.3 Å². The Labute approximate surface area is 108 Å². The van der Waals surface area contributed by atoms with Crippen LogP contribution in [-0.4, -0.2) is 11.2 Å². The maximum Gasteiger partial charge on any atom is 0.280 e. The van der Waals surface area contributed by atoms with Crippen LogP contribution < -0.4 is 0 Å². The number of nitro benzene ring substituents is 1. The van der Waals surface area contributed by atoms with Crippen molar-refractivity contribution in [3.63, 3.8) is 0 Å². The number of carbonyl (C=O) groups is 1. The second-order valence-electron chi connectivity index (χ2n) is 4.13. The Bertz CT molecular complexity index is 668. The van der Waals surface area contributed by atoms with Crippen LogP contribution in [0.3, 0.4) is 0 Å². The Kier molecular flexibility index (Phi) is 3.37. The molecule has 0 aromatic heterocycles. The van der Waals surface area contributed by atoms with Gasteiger partial charge in [0.1, 0.15) is 5.82 Å². The van der Waals surface area contributed by atoms with Gasteiger partial charge >= 0.3 is 0 Å². The number of hydrogen-bond donors (Lipinski definition) is 0. The molecule has 0 N–H and O–H groups in total. The molecule has 96 valence electrons. The van der Waals surface area contributed by atoms with Crippen LogP contribution in [0.15, 0.2) is 36.4 Å². The number of hydrogen-bond acceptors (Lipinski definition) is 3. The monoisotopic (exact) mass is 259 g/mol. The zero-order valence-electron chi connectivity index (χ0n) is 10.1. The summed E-state index contributed by atoms with van der Waals surface area (Å²) in [4.78, 5) is 20.9. The number of rotatable bonds is 3. The Balaban J connectivity index is 2.60. The molecule has 19 heavy (non-hydrogen) atoms. The van der Waals surface area contributed by atoms with Gasteiger partial charge in [0.15, 0.2) is 6.29 Å². The first-order valence-corrected chi connectivity index (χ1v) is 5.53. The molecular formula is C14H10FNO3. The molecule has 0 aliphatic carbocycles. The van der Waals surface area contributed by atoms with Crippen LogP contribution in [0.2, 0.25) is 0 Å². The Morgan fingerprint density at radius 2 is 1.95 bits per heavy atom. The van der Waals surface area contributed by atoms with E-state index in [2.05, 4.69) is 0 Å². The summed E-state index contributed by atoms with van der Waals surface area (Å²) in [7, 11) is 0. The van der Waals surface area contributed by atoms with Gasteiger partial charge in [0.25, 0.3) is 5.69 Å². The summed E-state index contributed by atoms with van der Waals surface area (Å²) in [6.45, 7) is 1.75. The molecule has 0 bridgehead atoms. The molecular weight excluding hydrogens is 249 g/mol. The molecule has 4 nitrogen and oxygen atoms in total. The molecule has 0 spiro atoms. The lowest BCUT2D eigenvalue weighted by molar-refractivity contribution is -0.385. The van der Waals surface area contributed by atoms with Crippen LogP contribution in [0.5, 0.6) is 0 Å². The molecule has 0 atom stereocenters. The fraction of sp³-hybridized carbons (Fsp3) is 0.0714. The van der Waals surface area contributed by atoms with E-state index in [4.69, 9.17) is 0 Å². The molecule has 2 rings (SSSR count). The van der Waals surface area contributed by atoms with E-state index in [0.29, 0.717) is 11.8 Å². The number of aryl methyl sites for hydroxylation is 1. The normalized spacial score (nSPS) is 10.2. The minimum atomic E-state index is -0.653. The van der Waals surface area contributed by atoms with Crippen molar-refractivity contribution >= 4 is 12.0 Å². The maximum atomic E-state index is 13.8. The van der Waals surface area contributed by atoms with E-state index in [0.717, 1.165) is 5.56 Å². The molecule has 0 fully saturated rings. The summed E-state index contributed by atoms with van der Waals surface area (Å²) in [5.41, 5.74) is 1.05. The lowest BCUT2D eigenvalue weighted by atomic mass is 10.0. The van der Waals surface area contributed by atoms with Crippen LogP contribution in [0, 0.1) is 22.9 Å². The molecule has 0 radical (unpaired) electrons. The third-order valence-electron chi connectivity index (χ3n) is 2.79. The second-order valence-corrected chi connectivity index (χ2v) is 4.13. The van der Waals surface area contributed by atoms with Crippen LogP contribution >= 0.6 is 0 Å². The van der Waals surface area contributed by atoms with Gasteiger partial charge in [0, 0.05) is 11.6 Å². The van der Waals surface area contributed by atoms with Gasteiger partial charge in [-0.3, -0.25) is 14.9 Å². The zero-order valence-corrected chi connectivity index (χ0v) is 10.1. The predicted octanol–water partition coefficient (Wildman–Crippen LogP) is 3.52. The molecule has 0 amide bonds. The number of aldehydes is 1. The van der Waals surface area contributed by atoms with Crippen molar-refractivity contribution in [2.24, 2.45) is 0 Å². The lowest BCUT2D eigenvalue weighted by Crippen LogP contribution is -1.95. The van der Waals surface area contributed by atoms with E-state index in [1.165, 1.54) is 24.3 Å². The van der Waals surface area contributed by atoms with Crippen molar-refractivity contribution in [2.45, 2.75) is 6.92 Å². The van der Waals surface area contributed by atoms with Crippen molar-refractivity contribution in [1.82, 2.24) is 0 Å². The largest absolute Gasteiger partial charge is 0.298 e. The van der Waals surface area contributed by atoms with E-state index >= 15 is 0 Å². The molecule has 0 aliphatic heterocycles. The summed E-state index contributed by atoms with van der Waals surface area (Å²) in [5, 5.41) is 10.9. The quantitative estimate of drug-likeness (QED) is 0.481. The Hall–Kier alpha value is -2.56. The fourth-order valence-corrected chi connectivity index (χ4v) is 1.82. The first-order valence-electron chi connectivity index (χ1n) is 5.53. The number of carbonyl (C=O) groups excluding carboxylic acids is 1. The lowest BCUT2D eigenvalue weighted by Gasteiger charge is -2.05. The third-order valence-corrected chi connectivity index (χ3v) is 2.79. The molecule has 0 aliphatic rings. The van der Waals surface area contributed by atoms with Crippen molar-refractivity contribution in [1.29, 1.82) is 0 Å². The first-order chi connectivity index (χ1) is 9.02. The highest BCUT2D eigenvalue weighted by molar-refractivity contribution is 5.84. The van der Waals surface area contributed by atoms with Crippen LogP contribution in [0.4, 0.5) is 10.1 Å². The van der Waals surface area contributed by atoms with Crippen LogP contribution in [0.25, 0.3) is 11.1 Å². The summed E-state index contributed by atoms with van der Waals surface area (Å²) < 4.78 is 13.8. The van der Waals surface area contributed by atoms with Gasteiger partial charge in [-0.15, -0.1) is 0 Å². The maximum absolute atomic E-state index is 13.8. The average Bonchev–Trinajstić information content (AvgIpc) is 2.38. The van der Waals surface area contributed by atoms with Crippen molar-refractivity contribution in [3.05, 3.63) is 63.5 Å². The van der Waals surface area contributed by atoms with Gasteiger partial charge in [0.2, 0.25) is 0 Å². The van der Waals surface area contributed by atoms with Crippen molar-refractivity contribution < 1.29 is 14.1 Å². The Morgan fingerprint density at radius 3 is 2.53 bits per heavy atom. The topological polar surface area (TPSA) is 60.2 Å². The number of nitrogens with zero attached hydrogens (tertiary/aromatic N) is 1. The van der Waals surface area contributed by atoms with Gasteiger partial charge in [-0.05, 0) is 30.2 Å². The molecule has 0 unspecified atom stereocenters. The first kappa shape index (κ1) is 12.9. The average molecular weight is 259 g/mol. The molecule has 0 heterocycles. The summed E-state index contributed by atoms with van der Waals surface area (Å²) in [6.07, 6.45) is 0.410. The third kappa shape index (κ3) is 2.49. The zero-order chi connectivity index (χ0) is 14.0. The van der Waals surface area contributed by atoms with Gasteiger partial charge in [0.05, 0.1) is 10.5 Å². The van der Waals surface area contributed by atoms with Gasteiger partial charge in [-0.2, -0.15) is 0 Å². The Morgan fingerprint density at radius 1 is 1.21 bits per heavy atom. The van der Waals surface area contributed by atoms with Gasteiger partial charge in [-0.25, -0.2) is 4.39 Å². The van der Waals surface area contributed by atoms with Crippen molar-refractivity contribution in [2.75, 3.05) is 0 Å². The predicted molar refractivity (Wildman–Crippen MR) is 68.6 cm³/mol. The summed E-state index contributed by atoms with van der Waals surface area (Å²) >= 11 is 0. The minimum Gasteiger partial charge on any atom is -0.298 e.